The second-order valence-electron chi connectivity index (χ2n) is 15.6. The first-order chi connectivity index (χ1) is 30.4. The summed E-state index contributed by atoms with van der Waals surface area (Å²) < 4.78 is 0. The molecule has 7 aromatic rings. The highest BCUT2D eigenvalue weighted by Crippen LogP contribution is 2.33. The van der Waals surface area contributed by atoms with E-state index in [1.807, 2.05) is 133 Å². The SMILES string of the molecule is O=C(Nc1ccccc1Nc1ccccc1)c1cc(C(=O)Nc2ccccc2Nc2ccccc2)cc(C(=O)Nc2ccc(CCCCC3CCC3)cc2Nc2ccccc2)c1. The number of benzene rings is 7. The van der Waals surface area contributed by atoms with Crippen molar-refractivity contribution in [3.8, 4) is 0 Å². The van der Waals surface area contributed by atoms with Gasteiger partial charge in [-0.2, -0.15) is 0 Å². The highest BCUT2D eigenvalue weighted by Gasteiger charge is 2.20. The zero-order chi connectivity index (χ0) is 42.5. The van der Waals surface area contributed by atoms with Gasteiger partial charge in [0, 0.05) is 33.8 Å². The Labute approximate surface area is 363 Å². The fraction of sp³-hybridized carbons (Fsp3) is 0.151. The molecule has 0 bridgehead atoms. The van der Waals surface area contributed by atoms with Crippen LogP contribution >= 0.6 is 0 Å². The number of unbranched alkanes of at least 4 members (excludes halogenated alkanes) is 1. The predicted octanol–water partition coefficient (Wildman–Crippen LogP) is 13.2. The van der Waals surface area contributed by atoms with E-state index in [1.54, 1.807) is 12.1 Å². The first-order valence-electron chi connectivity index (χ1n) is 21.3. The Morgan fingerprint density at radius 3 is 1.21 bits per heavy atom. The van der Waals surface area contributed by atoms with E-state index in [0.29, 0.717) is 28.4 Å². The van der Waals surface area contributed by atoms with Crippen molar-refractivity contribution in [3.63, 3.8) is 0 Å². The van der Waals surface area contributed by atoms with Gasteiger partial charge in [-0.15, -0.1) is 0 Å². The highest BCUT2D eigenvalue weighted by atomic mass is 16.2. The summed E-state index contributed by atoms with van der Waals surface area (Å²) >= 11 is 0. The Balaban J connectivity index is 1.08. The second-order valence-corrected chi connectivity index (χ2v) is 15.6. The summed E-state index contributed by atoms with van der Waals surface area (Å²) in [5, 5.41) is 19.3. The summed E-state index contributed by atoms with van der Waals surface area (Å²) in [6.45, 7) is 0. The molecule has 6 N–H and O–H groups in total. The molecule has 7 aromatic carbocycles. The third-order valence-corrected chi connectivity index (χ3v) is 11.1. The topological polar surface area (TPSA) is 123 Å². The summed E-state index contributed by atoms with van der Waals surface area (Å²) in [5.41, 5.74) is 7.91. The molecule has 0 radical (unpaired) electrons. The molecule has 0 unspecified atom stereocenters. The zero-order valence-corrected chi connectivity index (χ0v) is 34.5. The smallest absolute Gasteiger partial charge is 0.255 e. The number of hydrogen-bond acceptors (Lipinski definition) is 6. The number of hydrogen-bond donors (Lipinski definition) is 6. The second kappa shape index (κ2) is 20.1. The van der Waals surface area contributed by atoms with Crippen LogP contribution in [0, 0.1) is 5.92 Å². The van der Waals surface area contributed by atoms with Gasteiger partial charge in [0.15, 0.2) is 0 Å². The number of carbonyl (C=O) groups is 3. The predicted molar refractivity (Wildman–Crippen MR) is 254 cm³/mol. The van der Waals surface area contributed by atoms with E-state index in [9.17, 15) is 14.4 Å². The number of rotatable bonds is 17. The van der Waals surface area contributed by atoms with Gasteiger partial charge < -0.3 is 31.9 Å². The van der Waals surface area contributed by atoms with E-state index in [-0.39, 0.29) is 16.7 Å². The van der Waals surface area contributed by atoms with Gasteiger partial charge in [0.2, 0.25) is 0 Å². The maximum Gasteiger partial charge on any atom is 0.255 e. The van der Waals surface area contributed by atoms with Crippen LogP contribution in [0.1, 0.15) is 75.2 Å². The normalized spacial score (nSPS) is 12.1. The van der Waals surface area contributed by atoms with Crippen LogP contribution < -0.4 is 31.9 Å². The molecule has 9 nitrogen and oxygen atoms in total. The van der Waals surface area contributed by atoms with Crippen LogP contribution in [0.2, 0.25) is 0 Å². The van der Waals surface area contributed by atoms with Gasteiger partial charge in [-0.3, -0.25) is 14.4 Å². The average molecular weight is 819 g/mol. The molecule has 0 heterocycles. The lowest BCUT2D eigenvalue weighted by atomic mass is 9.81. The van der Waals surface area contributed by atoms with Crippen molar-refractivity contribution in [3.05, 3.63) is 198 Å². The molecule has 1 saturated carbocycles. The van der Waals surface area contributed by atoms with Crippen LogP contribution in [-0.2, 0) is 6.42 Å². The fourth-order valence-corrected chi connectivity index (χ4v) is 7.54. The summed E-state index contributed by atoms with van der Waals surface area (Å²) in [4.78, 5) is 42.7. The first kappa shape index (κ1) is 41.1. The third kappa shape index (κ3) is 10.9. The molecular formula is C53H50N6O3. The molecule has 8 rings (SSSR count). The fourth-order valence-electron chi connectivity index (χ4n) is 7.54. The minimum Gasteiger partial charge on any atom is -0.354 e. The Morgan fingerprint density at radius 2 is 0.790 bits per heavy atom. The number of amides is 3. The van der Waals surface area contributed by atoms with Gasteiger partial charge in [0.25, 0.3) is 17.7 Å². The van der Waals surface area contributed by atoms with Crippen molar-refractivity contribution in [2.45, 2.75) is 44.9 Å². The Hall–Kier alpha value is -7.65. The lowest BCUT2D eigenvalue weighted by Crippen LogP contribution is -2.20. The van der Waals surface area contributed by atoms with Gasteiger partial charge in [-0.1, -0.05) is 117 Å². The van der Waals surface area contributed by atoms with Crippen LogP contribution in [0.15, 0.2) is 176 Å². The van der Waals surface area contributed by atoms with Crippen molar-refractivity contribution in [1.82, 2.24) is 0 Å². The lowest BCUT2D eigenvalue weighted by molar-refractivity contribution is 0.102. The van der Waals surface area contributed by atoms with Gasteiger partial charge in [-0.05, 0) is 115 Å². The highest BCUT2D eigenvalue weighted by molar-refractivity contribution is 6.14. The largest absolute Gasteiger partial charge is 0.354 e. The number of anilines is 9. The Morgan fingerprint density at radius 1 is 0.403 bits per heavy atom. The van der Waals surface area contributed by atoms with Crippen molar-refractivity contribution >= 4 is 68.9 Å². The van der Waals surface area contributed by atoms with E-state index in [4.69, 9.17) is 0 Å². The lowest BCUT2D eigenvalue weighted by Gasteiger charge is -2.25. The summed E-state index contributed by atoms with van der Waals surface area (Å²) in [7, 11) is 0. The molecule has 62 heavy (non-hydrogen) atoms. The zero-order valence-electron chi connectivity index (χ0n) is 34.5. The van der Waals surface area contributed by atoms with Crippen LogP contribution in [0.5, 0.6) is 0 Å². The van der Waals surface area contributed by atoms with Crippen LogP contribution in [-0.4, -0.2) is 17.7 Å². The molecule has 0 spiro atoms. The maximum absolute atomic E-state index is 14.4. The molecule has 9 heteroatoms. The van der Waals surface area contributed by atoms with E-state index in [0.717, 1.165) is 41.5 Å². The van der Waals surface area contributed by atoms with E-state index < -0.39 is 17.7 Å². The van der Waals surface area contributed by atoms with E-state index >= 15 is 0 Å². The number of para-hydroxylation sites is 7. The van der Waals surface area contributed by atoms with Crippen molar-refractivity contribution in [2.75, 3.05) is 31.9 Å². The molecular weight excluding hydrogens is 769 g/mol. The molecule has 0 aliphatic heterocycles. The molecule has 3 amide bonds. The number of aryl methyl sites for hydroxylation is 1. The number of nitrogens with one attached hydrogen (secondary N) is 6. The molecule has 310 valence electrons. The third-order valence-electron chi connectivity index (χ3n) is 11.1. The molecule has 0 aromatic heterocycles. The van der Waals surface area contributed by atoms with Gasteiger partial charge in [-0.25, -0.2) is 0 Å². The molecule has 1 aliphatic carbocycles. The van der Waals surface area contributed by atoms with Crippen LogP contribution in [0.25, 0.3) is 0 Å². The summed E-state index contributed by atoms with van der Waals surface area (Å²) in [6, 6.07) is 54.5. The van der Waals surface area contributed by atoms with Gasteiger partial charge in [0.05, 0.1) is 34.1 Å². The monoisotopic (exact) mass is 818 g/mol. The minimum absolute atomic E-state index is 0.132. The van der Waals surface area contributed by atoms with Crippen molar-refractivity contribution in [2.24, 2.45) is 5.92 Å². The van der Waals surface area contributed by atoms with E-state index in [1.165, 1.54) is 55.9 Å². The maximum atomic E-state index is 14.4. The molecule has 0 saturated heterocycles. The van der Waals surface area contributed by atoms with Crippen LogP contribution in [0.3, 0.4) is 0 Å². The molecule has 1 fully saturated rings. The average Bonchev–Trinajstić information content (AvgIpc) is 3.28. The van der Waals surface area contributed by atoms with Crippen molar-refractivity contribution in [1.29, 1.82) is 0 Å². The summed E-state index contributed by atoms with van der Waals surface area (Å²) in [6.07, 6.45) is 8.62. The Kier molecular flexibility index (Phi) is 13.3. The Bertz CT molecular complexity index is 2510. The standard InChI is InChI=1S/C53H50N6O3/c60-51(57-47-29-14-12-27-45(47)54-42-21-4-1-5-22-42)39-34-40(52(61)58-48-30-15-13-28-46(48)55-43-23-6-2-7-24-43)36-41(35-39)53(62)59-49-32-31-38(18-11-10-17-37-19-16-20-37)33-50(49)56-44-25-8-3-9-26-44/h1-9,12-15,21-37,54-56H,10-11,16-20H2,(H,57,60)(H,58,61)(H,59,62). The van der Waals surface area contributed by atoms with Crippen LogP contribution in [0.4, 0.5) is 51.2 Å². The quantitative estimate of drug-likeness (QED) is 0.0509. The minimum atomic E-state index is -0.491. The molecule has 1 aliphatic rings. The molecule has 0 atom stereocenters. The summed E-state index contributed by atoms with van der Waals surface area (Å²) in [5.74, 6) is -0.570. The first-order valence-corrected chi connectivity index (χ1v) is 21.3. The van der Waals surface area contributed by atoms with Gasteiger partial charge >= 0.3 is 0 Å². The number of carbonyl (C=O) groups excluding carboxylic acids is 3. The van der Waals surface area contributed by atoms with Crippen molar-refractivity contribution < 1.29 is 14.4 Å². The van der Waals surface area contributed by atoms with Gasteiger partial charge in [0.1, 0.15) is 0 Å². The van der Waals surface area contributed by atoms with E-state index in [2.05, 4.69) is 44.0 Å².